The van der Waals surface area contributed by atoms with Crippen molar-refractivity contribution in [2.75, 3.05) is 31.4 Å². The van der Waals surface area contributed by atoms with Crippen LogP contribution in [0.25, 0.3) is 0 Å². The molecule has 0 saturated heterocycles. The average Bonchev–Trinajstić information content (AvgIpc) is 2.55. The number of benzene rings is 2. The molecule has 122 valence electrons. The van der Waals surface area contributed by atoms with Crippen LogP contribution >= 0.6 is 11.6 Å². The number of carbonyl (C=O) groups excluding carboxylic acids is 1. The standard InChI is InChI=1S/C17H19ClN2O3/c1-11-8-12(18)4-6-14(11)20-17(21)10-19-13-5-7-15(22-2)16(9-13)23-3/h4-9,19H,10H2,1-3H3,(H,20,21). The summed E-state index contributed by atoms with van der Waals surface area (Å²) < 4.78 is 10.4. The molecule has 1 amide bonds. The van der Waals surface area contributed by atoms with Crippen molar-refractivity contribution in [3.63, 3.8) is 0 Å². The Morgan fingerprint density at radius 3 is 2.48 bits per heavy atom. The number of anilines is 2. The molecule has 0 radical (unpaired) electrons. The topological polar surface area (TPSA) is 59.6 Å². The van der Waals surface area contributed by atoms with Gasteiger partial charge in [0.25, 0.3) is 0 Å². The average molecular weight is 335 g/mol. The molecule has 5 nitrogen and oxygen atoms in total. The number of carbonyl (C=O) groups is 1. The SMILES string of the molecule is COc1ccc(NCC(=O)Nc2ccc(Cl)cc2C)cc1OC. The van der Waals surface area contributed by atoms with Crippen LogP contribution in [0.5, 0.6) is 11.5 Å². The number of amides is 1. The summed E-state index contributed by atoms with van der Waals surface area (Å²) in [4.78, 5) is 12.0. The summed E-state index contributed by atoms with van der Waals surface area (Å²) >= 11 is 5.90. The monoisotopic (exact) mass is 334 g/mol. The highest BCUT2D eigenvalue weighted by Crippen LogP contribution is 2.29. The van der Waals surface area contributed by atoms with Gasteiger partial charge in [0.2, 0.25) is 5.91 Å². The highest BCUT2D eigenvalue weighted by molar-refractivity contribution is 6.30. The first-order valence-corrected chi connectivity index (χ1v) is 7.43. The minimum absolute atomic E-state index is 0.136. The van der Waals surface area contributed by atoms with Gasteiger partial charge in [0, 0.05) is 22.5 Å². The van der Waals surface area contributed by atoms with Gasteiger partial charge in [-0.1, -0.05) is 11.6 Å². The summed E-state index contributed by atoms with van der Waals surface area (Å²) in [5.74, 6) is 1.09. The van der Waals surface area contributed by atoms with Crippen molar-refractivity contribution in [2.45, 2.75) is 6.92 Å². The summed E-state index contributed by atoms with van der Waals surface area (Å²) in [5.41, 5.74) is 2.43. The fourth-order valence-corrected chi connectivity index (χ4v) is 2.32. The molecule has 2 N–H and O–H groups in total. The number of hydrogen-bond donors (Lipinski definition) is 2. The van der Waals surface area contributed by atoms with Crippen molar-refractivity contribution >= 4 is 28.9 Å². The van der Waals surface area contributed by atoms with Crippen LogP contribution in [0.15, 0.2) is 36.4 Å². The zero-order valence-corrected chi connectivity index (χ0v) is 14.0. The highest BCUT2D eigenvalue weighted by Gasteiger charge is 2.07. The summed E-state index contributed by atoms with van der Waals surface area (Å²) in [6.07, 6.45) is 0. The minimum atomic E-state index is -0.148. The first-order chi connectivity index (χ1) is 11.0. The van der Waals surface area contributed by atoms with Crippen LogP contribution < -0.4 is 20.1 Å². The third-order valence-electron chi connectivity index (χ3n) is 3.30. The number of hydrogen-bond acceptors (Lipinski definition) is 4. The van der Waals surface area contributed by atoms with Gasteiger partial charge >= 0.3 is 0 Å². The summed E-state index contributed by atoms with van der Waals surface area (Å²) in [5, 5.41) is 6.53. The Morgan fingerprint density at radius 1 is 1.09 bits per heavy atom. The van der Waals surface area contributed by atoms with Crippen LogP contribution in [0.4, 0.5) is 11.4 Å². The van der Waals surface area contributed by atoms with Crippen LogP contribution in [0.2, 0.25) is 5.02 Å². The number of halogens is 1. The van der Waals surface area contributed by atoms with Crippen molar-refractivity contribution < 1.29 is 14.3 Å². The van der Waals surface area contributed by atoms with Crippen molar-refractivity contribution in [3.05, 3.63) is 47.0 Å². The number of aryl methyl sites for hydroxylation is 1. The molecular formula is C17H19ClN2O3. The lowest BCUT2D eigenvalue weighted by Crippen LogP contribution is -2.22. The second kappa shape index (κ2) is 7.74. The smallest absolute Gasteiger partial charge is 0.243 e. The lowest BCUT2D eigenvalue weighted by molar-refractivity contribution is -0.114. The molecule has 23 heavy (non-hydrogen) atoms. The zero-order chi connectivity index (χ0) is 16.8. The Balaban J connectivity index is 1.96. The quantitative estimate of drug-likeness (QED) is 0.845. The van der Waals surface area contributed by atoms with Crippen LogP contribution in [0, 0.1) is 6.92 Å². The second-order valence-electron chi connectivity index (χ2n) is 4.93. The van der Waals surface area contributed by atoms with Gasteiger partial charge in [-0.2, -0.15) is 0 Å². The Hall–Kier alpha value is -2.40. The van der Waals surface area contributed by atoms with E-state index in [0.29, 0.717) is 16.5 Å². The molecule has 2 aromatic rings. The fraction of sp³-hybridized carbons (Fsp3) is 0.235. The molecule has 0 heterocycles. The largest absolute Gasteiger partial charge is 0.493 e. The van der Waals surface area contributed by atoms with Crippen LogP contribution in [0.3, 0.4) is 0 Å². The van der Waals surface area contributed by atoms with Crippen molar-refractivity contribution in [3.8, 4) is 11.5 Å². The Morgan fingerprint density at radius 2 is 1.83 bits per heavy atom. The van der Waals surface area contributed by atoms with Crippen molar-refractivity contribution in [1.82, 2.24) is 0 Å². The van der Waals surface area contributed by atoms with Crippen LogP contribution in [-0.4, -0.2) is 26.7 Å². The van der Waals surface area contributed by atoms with Gasteiger partial charge < -0.3 is 20.1 Å². The van der Waals surface area contributed by atoms with E-state index in [1.807, 2.05) is 13.0 Å². The van der Waals surface area contributed by atoms with E-state index < -0.39 is 0 Å². The van der Waals surface area contributed by atoms with E-state index in [-0.39, 0.29) is 12.5 Å². The summed E-state index contributed by atoms with van der Waals surface area (Å²) in [6, 6.07) is 10.7. The molecular weight excluding hydrogens is 316 g/mol. The maximum Gasteiger partial charge on any atom is 0.243 e. The number of rotatable bonds is 6. The molecule has 0 atom stereocenters. The molecule has 0 aliphatic rings. The fourth-order valence-electron chi connectivity index (χ4n) is 2.09. The van der Waals surface area contributed by atoms with E-state index in [0.717, 1.165) is 16.9 Å². The Kier molecular flexibility index (Phi) is 5.71. The molecule has 0 fully saturated rings. The maximum atomic E-state index is 12.0. The normalized spacial score (nSPS) is 10.1. The van der Waals surface area contributed by atoms with Crippen LogP contribution in [-0.2, 0) is 4.79 Å². The summed E-state index contributed by atoms with van der Waals surface area (Å²) in [7, 11) is 3.14. The lowest BCUT2D eigenvalue weighted by Gasteiger charge is -2.12. The van der Waals surface area contributed by atoms with Crippen molar-refractivity contribution in [1.29, 1.82) is 0 Å². The van der Waals surface area contributed by atoms with E-state index in [2.05, 4.69) is 10.6 Å². The van der Waals surface area contributed by atoms with Gasteiger partial charge in [0.05, 0.1) is 20.8 Å². The van der Waals surface area contributed by atoms with Gasteiger partial charge in [-0.15, -0.1) is 0 Å². The van der Waals surface area contributed by atoms with Gasteiger partial charge in [-0.3, -0.25) is 4.79 Å². The van der Waals surface area contributed by atoms with Crippen LogP contribution in [0.1, 0.15) is 5.56 Å². The predicted molar refractivity (Wildman–Crippen MR) is 92.9 cm³/mol. The van der Waals surface area contributed by atoms with E-state index in [1.165, 1.54) is 0 Å². The van der Waals surface area contributed by atoms with Gasteiger partial charge in [0.15, 0.2) is 11.5 Å². The molecule has 0 spiro atoms. The first kappa shape index (κ1) is 17.0. The van der Waals surface area contributed by atoms with Gasteiger partial charge in [0.1, 0.15) is 0 Å². The number of nitrogens with one attached hydrogen (secondary N) is 2. The highest BCUT2D eigenvalue weighted by atomic mass is 35.5. The second-order valence-corrected chi connectivity index (χ2v) is 5.37. The molecule has 0 aliphatic heterocycles. The Bertz CT molecular complexity index is 704. The number of ether oxygens (including phenoxy) is 2. The van der Waals surface area contributed by atoms with E-state index in [9.17, 15) is 4.79 Å². The molecule has 2 aromatic carbocycles. The molecule has 6 heteroatoms. The molecule has 0 unspecified atom stereocenters. The predicted octanol–water partition coefficient (Wildman–Crippen LogP) is 3.72. The summed E-state index contributed by atoms with van der Waals surface area (Å²) in [6.45, 7) is 2.03. The molecule has 0 aromatic heterocycles. The maximum absolute atomic E-state index is 12.0. The van der Waals surface area contributed by atoms with E-state index in [1.54, 1.807) is 44.6 Å². The lowest BCUT2D eigenvalue weighted by atomic mass is 10.2. The first-order valence-electron chi connectivity index (χ1n) is 7.05. The Labute approximate surface area is 140 Å². The minimum Gasteiger partial charge on any atom is -0.493 e. The number of methoxy groups -OCH3 is 2. The molecule has 0 saturated carbocycles. The van der Waals surface area contributed by atoms with Crippen molar-refractivity contribution in [2.24, 2.45) is 0 Å². The van der Waals surface area contributed by atoms with E-state index in [4.69, 9.17) is 21.1 Å². The molecule has 0 bridgehead atoms. The van der Waals surface area contributed by atoms with Gasteiger partial charge in [-0.25, -0.2) is 0 Å². The third kappa shape index (κ3) is 4.53. The molecule has 0 aliphatic carbocycles. The van der Waals surface area contributed by atoms with E-state index >= 15 is 0 Å². The van der Waals surface area contributed by atoms with Gasteiger partial charge in [-0.05, 0) is 42.8 Å². The molecule has 2 rings (SSSR count). The third-order valence-corrected chi connectivity index (χ3v) is 3.53. The zero-order valence-electron chi connectivity index (χ0n) is 13.3.